The Labute approximate surface area is 119 Å². The van der Waals surface area contributed by atoms with Gasteiger partial charge in [-0.2, -0.15) is 0 Å². The molecule has 1 saturated heterocycles. The molecule has 1 aliphatic carbocycles. The van der Waals surface area contributed by atoms with E-state index in [2.05, 4.69) is 5.32 Å². The van der Waals surface area contributed by atoms with E-state index in [4.69, 9.17) is 9.47 Å². The number of hydrogen-bond donors (Lipinski definition) is 1. The van der Waals surface area contributed by atoms with Gasteiger partial charge in [0, 0.05) is 25.4 Å². The lowest BCUT2D eigenvalue weighted by molar-refractivity contribution is -0.161. The third-order valence-electron chi connectivity index (χ3n) is 4.28. The maximum Gasteiger partial charge on any atom is 0.168 e. The lowest BCUT2D eigenvalue weighted by Crippen LogP contribution is -2.33. The van der Waals surface area contributed by atoms with Crippen molar-refractivity contribution in [3.8, 4) is 0 Å². The van der Waals surface area contributed by atoms with Gasteiger partial charge in [-0.15, -0.1) is 0 Å². The third kappa shape index (κ3) is 3.03. The van der Waals surface area contributed by atoms with Crippen molar-refractivity contribution in [1.29, 1.82) is 0 Å². The van der Waals surface area contributed by atoms with Gasteiger partial charge in [0.2, 0.25) is 0 Å². The van der Waals surface area contributed by atoms with E-state index in [-0.39, 0.29) is 23.8 Å². The van der Waals surface area contributed by atoms with Gasteiger partial charge in [-0.05, 0) is 37.5 Å². The minimum absolute atomic E-state index is 0.101. The standard InChI is InChI=1S/C16H22FNO2/c1-12(13-5-4-6-14(17)9-13)18-10-15-11-19-16(20-15)7-2-3-8-16/h4-6,9,12,15,18H,2-3,7-8,10-11H2,1H3/t12-,15+/m0/s1. The van der Waals surface area contributed by atoms with Crippen molar-refractivity contribution in [2.24, 2.45) is 0 Å². The van der Waals surface area contributed by atoms with Gasteiger partial charge in [-0.25, -0.2) is 4.39 Å². The Hall–Kier alpha value is -0.970. The molecule has 1 saturated carbocycles. The van der Waals surface area contributed by atoms with Crippen LogP contribution in [0.15, 0.2) is 24.3 Å². The van der Waals surface area contributed by atoms with Gasteiger partial charge in [0.25, 0.3) is 0 Å². The zero-order valence-corrected chi connectivity index (χ0v) is 11.9. The molecule has 2 fully saturated rings. The average molecular weight is 279 g/mol. The number of halogens is 1. The van der Waals surface area contributed by atoms with Crippen molar-refractivity contribution < 1.29 is 13.9 Å². The second-order valence-corrected chi connectivity index (χ2v) is 5.85. The van der Waals surface area contributed by atoms with E-state index < -0.39 is 0 Å². The van der Waals surface area contributed by atoms with E-state index in [0.29, 0.717) is 6.61 Å². The second kappa shape index (κ2) is 5.80. The molecule has 3 nitrogen and oxygen atoms in total. The summed E-state index contributed by atoms with van der Waals surface area (Å²) in [7, 11) is 0. The summed E-state index contributed by atoms with van der Waals surface area (Å²) in [5, 5.41) is 3.40. The first-order valence-electron chi connectivity index (χ1n) is 7.47. The Kier molecular flexibility index (Phi) is 4.06. The summed E-state index contributed by atoms with van der Waals surface area (Å²) in [4.78, 5) is 0. The molecular weight excluding hydrogens is 257 g/mol. The lowest BCUT2D eigenvalue weighted by Gasteiger charge is -2.22. The zero-order valence-electron chi connectivity index (χ0n) is 11.9. The van der Waals surface area contributed by atoms with E-state index in [0.717, 1.165) is 24.9 Å². The van der Waals surface area contributed by atoms with Crippen LogP contribution in [0.2, 0.25) is 0 Å². The molecule has 3 rings (SSSR count). The average Bonchev–Trinajstić information content (AvgIpc) is 3.07. The molecule has 2 aliphatic rings. The molecule has 20 heavy (non-hydrogen) atoms. The molecule has 0 aromatic heterocycles. The first kappa shape index (κ1) is 14.0. The second-order valence-electron chi connectivity index (χ2n) is 5.85. The molecule has 1 spiro atoms. The molecule has 1 heterocycles. The molecule has 1 N–H and O–H groups in total. The number of benzene rings is 1. The van der Waals surface area contributed by atoms with Crippen LogP contribution in [-0.4, -0.2) is 25.0 Å². The summed E-state index contributed by atoms with van der Waals surface area (Å²) in [5.41, 5.74) is 0.958. The fourth-order valence-corrected chi connectivity index (χ4v) is 3.10. The van der Waals surface area contributed by atoms with E-state index in [1.165, 1.54) is 18.9 Å². The van der Waals surface area contributed by atoms with Gasteiger partial charge in [0.1, 0.15) is 5.82 Å². The SMILES string of the molecule is C[C@H](NC[C@@H]1COC2(CCCC2)O1)c1cccc(F)c1. The Morgan fingerprint density at radius 3 is 2.95 bits per heavy atom. The minimum atomic E-state index is -0.297. The Morgan fingerprint density at radius 2 is 2.20 bits per heavy atom. The van der Waals surface area contributed by atoms with E-state index in [1.54, 1.807) is 12.1 Å². The summed E-state index contributed by atoms with van der Waals surface area (Å²) >= 11 is 0. The van der Waals surface area contributed by atoms with Crippen molar-refractivity contribution in [2.75, 3.05) is 13.2 Å². The van der Waals surface area contributed by atoms with Crippen LogP contribution in [0.3, 0.4) is 0 Å². The monoisotopic (exact) mass is 279 g/mol. The molecule has 0 radical (unpaired) electrons. The van der Waals surface area contributed by atoms with Gasteiger partial charge < -0.3 is 14.8 Å². The number of rotatable bonds is 4. The maximum absolute atomic E-state index is 13.2. The predicted octanol–water partition coefficient (Wildman–Crippen LogP) is 3.16. The highest BCUT2D eigenvalue weighted by Crippen LogP contribution is 2.39. The van der Waals surface area contributed by atoms with Crippen LogP contribution in [0, 0.1) is 5.82 Å². The van der Waals surface area contributed by atoms with Crippen LogP contribution in [0.4, 0.5) is 4.39 Å². The normalized spacial score (nSPS) is 26.2. The van der Waals surface area contributed by atoms with Crippen LogP contribution in [0.25, 0.3) is 0 Å². The van der Waals surface area contributed by atoms with Crippen LogP contribution < -0.4 is 5.32 Å². The molecular formula is C16H22FNO2. The van der Waals surface area contributed by atoms with Crippen LogP contribution in [-0.2, 0) is 9.47 Å². The van der Waals surface area contributed by atoms with Gasteiger partial charge in [0.15, 0.2) is 5.79 Å². The van der Waals surface area contributed by atoms with Crippen molar-refractivity contribution in [2.45, 2.75) is 50.5 Å². The molecule has 1 aromatic carbocycles. The van der Waals surface area contributed by atoms with Crippen LogP contribution >= 0.6 is 0 Å². The van der Waals surface area contributed by atoms with Gasteiger partial charge in [-0.3, -0.25) is 0 Å². The molecule has 4 heteroatoms. The highest BCUT2D eigenvalue weighted by atomic mass is 19.1. The topological polar surface area (TPSA) is 30.5 Å². The fraction of sp³-hybridized carbons (Fsp3) is 0.625. The van der Waals surface area contributed by atoms with Crippen molar-refractivity contribution in [3.63, 3.8) is 0 Å². The highest BCUT2D eigenvalue weighted by molar-refractivity contribution is 5.19. The zero-order chi connectivity index (χ0) is 14.0. The van der Waals surface area contributed by atoms with E-state index in [9.17, 15) is 4.39 Å². The Morgan fingerprint density at radius 1 is 1.40 bits per heavy atom. The first-order chi connectivity index (χ1) is 9.67. The summed E-state index contributed by atoms with van der Waals surface area (Å²) < 4.78 is 25.1. The molecule has 110 valence electrons. The van der Waals surface area contributed by atoms with Crippen molar-refractivity contribution >= 4 is 0 Å². The van der Waals surface area contributed by atoms with E-state index >= 15 is 0 Å². The van der Waals surface area contributed by atoms with Gasteiger partial charge >= 0.3 is 0 Å². The predicted molar refractivity (Wildman–Crippen MR) is 74.8 cm³/mol. The molecule has 0 bridgehead atoms. The van der Waals surface area contributed by atoms with Crippen molar-refractivity contribution in [1.82, 2.24) is 5.32 Å². The van der Waals surface area contributed by atoms with Crippen LogP contribution in [0.1, 0.15) is 44.2 Å². The molecule has 0 amide bonds. The summed E-state index contributed by atoms with van der Waals surface area (Å²) in [6.45, 7) is 3.43. The molecule has 1 aliphatic heterocycles. The number of hydrogen-bond acceptors (Lipinski definition) is 3. The fourth-order valence-electron chi connectivity index (χ4n) is 3.10. The third-order valence-corrected chi connectivity index (χ3v) is 4.28. The lowest BCUT2D eigenvalue weighted by atomic mass is 10.1. The van der Waals surface area contributed by atoms with Crippen molar-refractivity contribution in [3.05, 3.63) is 35.6 Å². The highest BCUT2D eigenvalue weighted by Gasteiger charge is 2.43. The number of nitrogens with one attached hydrogen (secondary N) is 1. The van der Waals surface area contributed by atoms with Gasteiger partial charge in [0.05, 0.1) is 12.7 Å². The van der Waals surface area contributed by atoms with E-state index in [1.807, 2.05) is 13.0 Å². The first-order valence-corrected chi connectivity index (χ1v) is 7.47. The smallest absolute Gasteiger partial charge is 0.168 e. The summed E-state index contributed by atoms with van der Waals surface area (Å²) in [6, 6.07) is 6.82. The van der Waals surface area contributed by atoms with Gasteiger partial charge in [-0.1, -0.05) is 12.1 Å². The molecule has 2 atom stereocenters. The summed E-state index contributed by atoms with van der Waals surface area (Å²) in [6.07, 6.45) is 4.52. The van der Waals surface area contributed by atoms with Crippen LogP contribution in [0.5, 0.6) is 0 Å². The molecule has 1 aromatic rings. The maximum atomic E-state index is 13.2. The number of ether oxygens (including phenoxy) is 2. The summed E-state index contributed by atoms with van der Waals surface area (Å²) in [5.74, 6) is -0.490. The Balaban J connectivity index is 1.50. The Bertz CT molecular complexity index is 460. The molecule has 0 unspecified atom stereocenters. The quantitative estimate of drug-likeness (QED) is 0.918. The largest absolute Gasteiger partial charge is 0.347 e. The minimum Gasteiger partial charge on any atom is -0.347 e.